The number of carbonyl (C=O) groups excluding carboxylic acids is 2. The molecule has 2 aromatic rings. The van der Waals surface area contributed by atoms with E-state index in [1.165, 1.54) is 4.90 Å². The second-order valence-electron chi connectivity index (χ2n) is 7.08. The molecule has 0 fully saturated rings. The van der Waals surface area contributed by atoms with Crippen LogP contribution in [0.15, 0.2) is 24.3 Å². The largest absolute Gasteiger partial charge is 0.489 e. The van der Waals surface area contributed by atoms with Crippen LogP contribution in [0.3, 0.4) is 0 Å². The molecule has 2 unspecified atom stereocenters. The summed E-state index contributed by atoms with van der Waals surface area (Å²) in [6.45, 7) is 2.27. The van der Waals surface area contributed by atoms with Gasteiger partial charge < -0.3 is 15.0 Å². The Labute approximate surface area is 151 Å². The lowest BCUT2D eigenvalue weighted by atomic mass is 9.87. The van der Waals surface area contributed by atoms with Gasteiger partial charge >= 0.3 is 0 Å². The fourth-order valence-corrected chi connectivity index (χ4v) is 3.64. The number of fused-ring (bicyclic) bond motifs is 2. The molecular weight excluding hydrogens is 332 g/mol. The van der Waals surface area contributed by atoms with E-state index in [1.54, 1.807) is 7.05 Å². The van der Waals surface area contributed by atoms with Crippen molar-refractivity contribution in [3.63, 3.8) is 0 Å². The highest BCUT2D eigenvalue weighted by Crippen LogP contribution is 2.30. The molecule has 1 aromatic heterocycles. The van der Waals surface area contributed by atoms with Crippen LogP contribution in [0.1, 0.15) is 35.1 Å². The molecule has 2 N–H and O–H groups in total. The molecule has 0 bridgehead atoms. The summed E-state index contributed by atoms with van der Waals surface area (Å²) in [7, 11) is 1.69. The highest BCUT2D eigenvalue weighted by Gasteiger charge is 2.32. The van der Waals surface area contributed by atoms with Crippen LogP contribution in [0.5, 0.6) is 5.75 Å². The molecule has 2 atom stereocenters. The molecule has 0 saturated heterocycles. The second kappa shape index (κ2) is 6.48. The number of anilines is 1. The number of para-hydroxylation sites is 2. The molecule has 2 amide bonds. The molecule has 136 valence electrons. The van der Waals surface area contributed by atoms with Gasteiger partial charge in [0.2, 0.25) is 0 Å². The second-order valence-corrected chi connectivity index (χ2v) is 7.08. The summed E-state index contributed by atoms with van der Waals surface area (Å²) in [6, 6.07) is 6.58. The zero-order chi connectivity index (χ0) is 18.3. The molecule has 7 nitrogen and oxygen atoms in total. The highest BCUT2D eigenvalue weighted by atomic mass is 16.5. The van der Waals surface area contributed by atoms with Crippen molar-refractivity contribution < 1.29 is 14.3 Å². The zero-order valence-electron chi connectivity index (χ0n) is 14.9. The van der Waals surface area contributed by atoms with E-state index in [1.807, 2.05) is 24.3 Å². The van der Waals surface area contributed by atoms with Gasteiger partial charge in [-0.3, -0.25) is 14.7 Å². The summed E-state index contributed by atoms with van der Waals surface area (Å²) >= 11 is 0. The summed E-state index contributed by atoms with van der Waals surface area (Å²) in [6.07, 6.45) is 2.82. The van der Waals surface area contributed by atoms with Crippen molar-refractivity contribution in [2.24, 2.45) is 5.92 Å². The minimum absolute atomic E-state index is 0.0922. The molecule has 0 saturated carbocycles. The Morgan fingerprint density at radius 3 is 3.04 bits per heavy atom. The lowest BCUT2D eigenvalue weighted by molar-refractivity contribution is -0.120. The van der Waals surface area contributed by atoms with Crippen molar-refractivity contribution in [3.05, 3.63) is 41.2 Å². The lowest BCUT2D eigenvalue weighted by Gasteiger charge is -2.21. The van der Waals surface area contributed by atoms with Crippen LogP contribution in [0.2, 0.25) is 0 Å². The van der Waals surface area contributed by atoms with Gasteiger partial charge in [-0.2, -0.15) is 5.10 Å². The number of ether oxygens (including phenoxy) is 1. The van der Waals surface area contributed by atoms with Crippen molar-refractivity contribution in [2.75, 3.05) is 18.6 Å². The molecule has 26 heavy (non-hydrogen) atoms. The number of benzene rings is 1. The van der Waals surface area contributed by atoms with Gasteiger partial charge in [-0.1, -0.05) is 19.1 Å². The van der Waals surface area contributed by atoms with E-state index in [4.69, 9.17) is 4.74 Å². The third-order valence-electron chi connectivity index (χ3n) is 5.17. The summed E-state index contributed by atoms with van der Waals surface area (Å²) < 4.78 is 5.74. The van der Waals surface area contributed by atoms with Gasteiger partial charge in [0.15, 0.2) is 5.69 Å². The predicted octanol–water partition coefficient (Wildman–Crippen LogP) is 1.69. The smallest absolute Gasteiger partial charge is 0.272 e. The molecule has 1 aliphatic carbocycles. The minimum atomic E-state index is -0.756. The van der Waals surface area contributed by atoms with Gasteiger partial charge in [0, 0.05) is 18.3 Å². The molecule has 0 spiro atoms. The first-order chi connectivity index (χ1) is 12.5. The minimum Gasteiger partial charge on any atom is -0.489 e. The highest BCUT2D eigenvalue weighted by molar-refractivity contribution is 6.03. The maximum atomic E-state index is 12.8. The van der Waals surface area contributed by atoms with E-state index in [-0.39, 0.29) is 18.4 Å². The molecule has 2 aliphatic rings. The van der Waals surface area contributed by atoms with Crippen LogP contribution >= 0.6 is 0 Å². The molecule has 1 aliphatic heterocycles. The van der Waals surface area contributed by atoms with Gasteiger partial charge in [-0.25, -0.2) is 0 Å². The molecular formula is C19H22N4O3. The molecule has 1 aromatic carbocycles. The summed E-state index contributed by atoms with van der Waals surface area (Å²) in [4.78, 5) is 27.1. The fraction of sp³-hybridized carbons (Fsp3) is 0.421. The van der Waals surface area contributed by atoms with Crippen LogP contribution in [0.4, 0.5) is 5.69 Å². The van der Waals surface area contributed by atoms with Crippen molar-refractivity contribution in [2.45, 2.75) is 32.2 Å². The zero-order valence-corrected chi connectivity index (χ0v) is 14.9. The fourth-order valence-electron chi connectivity index (χ4n) is 3.64. The number of H-pyrrole nitrogens is 1. The van der Waals surface area contributed by atoms with Gasteiger partial charge in [0.05, 0.1) is 5.69 Å². The number of likely N-dealkylation sites (N-methyl/N-ethyl adjacent to an activating group) is 1. The molecule has 4 rings (SSSR count). The SMILES string of the molecule is CC1CCc2[nH]nc(C(=O)NC3COc4ccccc4N(C)C3=O)c2C1. The van der Waals surface area contributed by atoms with E-state index in [9.17, 15) is 9.59 Å². The van der Waals surface area contributed by atoms with Crippen molar-refractivity contribution >= 4 is 17.5 Å². The normalized spacial score (nSPS) is 22.1. The number of nitrogens with zero attached hydrogens (tertiary/aromatic N) is 2. The standard InChI is InChI=1S/C19H22N4O3/c1-11-7-8-13-12(9-11)17(22-21-13)18(24)20-14-10-26-16-6-4-3-5-15(16)23(2)19(14)25/h3-6,11,14H,7-10H2,1-2H3,(H,20,24)(H,21,22). The van der Waals surface area contributed by atoms with Crippen LogP contribution in [0, 0.1) is 5.92 Å². The quantitative estimate of drug-likeness (QED) is 0.859. The number of amides is 2. The van der Waals surface area contributed by atoms with E-state index >= 15 is 0 Å². The van der Waals surface area contributed by atoms with Crippen LogP contribution in [-0.2, 0) is 17.6 Å². The van der Waals surface area contributed by atoms with Crippen LogP contribution in [-0.4, -0.2) is 41.7 Å². The average molecular weight is 354 g/mol. The van der Waals surface area contributed by atoms with Crippen LogP contribution < -0.4 is 15.0 Å². The number of aromatic nitrogens is 2. The Hall–Kier alpha value is -2.83. The Morgan fingerprint density at radius 2 is 2.19 bits per heavy atom. The molecule has 2 heterocycles. The maximum absolute atomic E-state index is 12.8. The van der Waals surface area contributed by atoms with E-state index in [0.717, 1.165) is 30.5 Å². The maximum Gasteiger partial charge on any atom is 0.272 e. The number of rotatable bonds is 2. The Bertz CT molecular complexity index is 860. The molecule has 0 radical (unpaired) electrons. The first-order valence-electron chi connectivity index (χ1n) is 8.91. The lowest BCUT2D eigenvalue weighted by Crippen LogP contribution is -2.49. The summed E-state index contributed by atoms with van der Waals surface area (Å²) in [5, 5.41) is 9.98. The predicted molar refractivity (Wildman–Crippen MR) is 96.4 cm³/mol. The van der Waals surface area contributed by atoms with Gasteiger partial charge in [0.1, 0.15) is 18.4 Å². The summed E-state index contributed by atoms with van der Waals surface area (Å²) in [5.74, 6) is 0.611. The number of hydrogen-bond donors (Lipinski definition) is 2. The number of carbonyl (C=O) groups is 2. The Kier molecular flexibility index (Phi) is 4.14. The van der Waals surface area contributed by atoms with Crippen molar-refractivity contribution in [1.29, 1.82) is 0 Å². The topological polar surface area (TPSA) is 87.3 Å². The van der Waals surface area contributed by atoms with Gasteiger partial charge in [-0.15, -0.1) is 0 Å². The number of nitrogens with one attached hydrogen (secondary N) is 2. The third kappa shape index (κ3) is 2.83. The Balaban J connectivity index is 1.54. The Morgan fingerprint density at radius 1 is 1.38 bits per heavy atom. The number of hydrogen-bond acceptors (Lipinski definition) is 4. The molecule has 7 heteroatoms. The van der Waals surface area contributed by atoms with E-state index in [0.29, 0.717) is 23.0 Å². The third-order valence-corrected chi connectivity index (χ3v) is 5.17. The number of aromatic amines is 1. The monoisotopic (exact) mass is 354 g/mol. The average Bonchev–Trinajstić information content (AvgIpc) is 3.02. The first-order valence-corrected chi connectivity index (χ1v) is 8.91. The first kappa shape index (κ1) is 16.6. The van der Waals surface area contributed by atoms with Crippen molar-refractivity contribution in [1.82, 2.24) is 15.5 Å². The van der Waals surface area contributed by atoms with Crippen molar-refractivity contribution in [3.8, 4) is 5.75 Å². The van der Waals surface area contributed by atoms with Gasteiger partial charge in [0.25, 0.3) is 11.8 Å². The van der Waals surface area contributed by atoms with Crippen LogP contribution in [0.25, 0.3) is 0 Å². The van der Waals surface area contributed by atoms with Gasteiger partial charge in [-0.05, 0) is 37.3 Å². The number of aryl methyl sites for hydroxylation is 1. The van der Waals surface area contributed by atoms with E-state index < -0.39 is 6.04 Å². The van der Waals surface area contributed by atoms with E-state index in [2.05, 4.69) is 22.4 Å². The summed E-state index contributed by atoms with van der Waals surface area (Å²) in [5.41, 5.74) is 3.09.